The van der Waals surface area contributed by atoms with Gasteiger partial charge in [0.1, 0.15) is 24.4 Å². The van der Waals surface area contributed by atoms with Gasteiger partial charge in [-0.05, 0) is 13.8 Å². The van der Waals surface area contributed by atoms with E-state index >= 15 is 0 Å². The Hall–Kier alpha value is -1.02. The molecule has 0 saturated carbocycles. The molecule has 4 rings (SSSR count). The van der Waals surface area contributed by atoms with Crippen LogP contribution < -0.4 is 0 Å². The van der Waals surface area contributed by atoms with Crippen LogP contribution in [0.25, 0.3) is 0 Å². The van der Waals surface area contributed by atoms with Crippen molar-refractivity contribution in [3.8, 4) is 0 Å². The van der Waals surface area contributed by atoms with Gasteiger partial charge < -0.3 is 28.8 Å². The summed E-state index contributed by atoms with van der Waals surface area (Å²) in [7, 11) is 0. The lowest BCUT2D eigenvalue weighted by Crippen LogP contribution is -2.50. The summed E-state index contributed by atoms with van der Waals surface area (Å²) >= 11 is 0. The molecule has 6 atom stereocenters. The number of hydrogen-bond donors (Lipinski definition) is 1. The summed E-state index contributed by atoms with van der Waals surface area (Å²) in [5, 5.41) is 9.63. The SMILES string of the molecule is CC1(C)O[C@H]2O[C@H]3[C@H](OC(c4ccccc4)O[C@@H]3CO)[C@H]2O1. The fourth-order valence-electron chi connectivity index (χ4n) is 3.28. The van der Waals surface area contributed by atoms with Gasteiger partial charge in [-0.3, -0.25) is 0 Å². The van der Waals surface area contributed by atoms with Crippen molar-refractivity contribution >= 4 is 0 Å². The predicted octanol–water partition coefficient (Wildman–Crippen LogP) is 1.34. The van der Waals surface area contributed by atoms with Gasteiger partial charge in [-0.1, -0.05) is 30.3 Å². The minimum absolute atomic E-state index is 0.142. The number of benzene rings is 1. The van der Waals surface area contributed by atoms with Crippen LogP contribution in [0.5, 0.6) is 0 Å². The highest BCUT2D eigenvalue weighted by molar-refractivity contribution is 5.17. The standard InChI is InChI=1S/C16H20O6/c1-16(2)21-13-12-11(19-15(13)22-16)10(8-17)18-14(20-12)9-6-4-3-5-7-9/h3-7,10-15,17H,8H2,1-2H3/t10-,11-,12+,13-,14?,15-/m1/s1. The summed E-state index contributed by atoms with van der Waals surface area (Å²) in [4.78, 5) is 0. The Balaban J connectivity index is 1.59. The highest BCUT2D eigenvalue weighted by Crippen LogP contribution is 2.44. The summed E-state index contributed by atoms with van der Waals surface area (Å²) in [5.74, 6) is -0.696. The molecule has 3 saturated heterocycles. The third-order valence-corrected chi connectivity index (χ3v) is 4.22. The second kappa shape index (κ2) is 5.26. The molecule has 6 heteroatoms. The average molecular weight is 308 g/mol. The topological polar surface area (TPSA) is 66.4 Å². The normalized spacial score (nSPS) is 42.9. The fourth-order valence-corrected chi connectivity index (χ4v) is 3.28. The van der Waals surface area contributed by atoms with Gasteiger partial charge in [0.15, 0.2) is 18.4 Å². The molecule has 22 heavy (non-hydrogen) atoms. The smallest absolute Gasteiger partial charge is 0.190 e. The maximum Gasteiger partial charge on any atom is 0.190 e. The third-order valence-electron chi connectivity index (χ3n) is 4.22. The molecule has 0 bridgehead atoms. The van der Waals surface area contributed by atoms with Crippen molar-refractivity contribution in [2.75, 3.05) is 6.61 Å². The first-order valence-electron chi connectivity index (χ1n) is 7.55. The van der Waals surface area contributed by atoms with Crippen LogP contribution in [0, 0.1) is 0 Å². The molecule has 3 aliphatic rings. The number of rotatable bonds is 2. The van der Waals surface area contributed by atoms with Crippen molar-refractivity contribution in [2.24, 2.45) is 0 Å². The zero-order valence-corrected chi connectivity index (χ0v) is 12.5. The van der Waals surface area contributed by atoms with E-state index in [4.69, 9.17) is 23.7 Å². The summed E-state index contributed by atoms with van der Waals surface area (Å²) < 4.78 is 29.4. The van der Waals surface area contributed by atoms with E-state index in [0.717, 1.165) is 5.56 Å². The highest BCUT2D eigenvalue weighted by Gasteiger charge is 2.59. The molecule has 1 unspecified atom stereocenters. The zero-order valence-electron chi connectivity index (χ0n) is 12.5. The number of ether oxygens (including phenoxy) is 5. The van der Waals surface area contributed by atoms with Gasteiger partial charge >= 0.3 is 0 Å². The first kappa shape index (κ1) is 14.6. The Morgan fingerprint density at radius 2 is 1.73 bits per heavy atom. The molecule has 1 aromatic rings. The summed E-state index contributed by atoms with van der Waals surface area (Å²) in [6.07, 6.45) is -2.54. The van der Waals surface area contributed by atoms with E-state index in [-0.39, 0.29) is 18.8 Å². The molecule has 6 nitrogen and oxygen atoms in total. The summed E-state index contributed by atoms with van der Waals surface area (Å²) in [6, 6.07) is 9.65. The third kappa shape index (κ3) is 2.36. The Morgan fingerprint density at radius 3 is 2.45 bits per heavy atom. The lowest BCUT2D eigenvalue weighted by molar-refractivity contribution is -0.313. The van der Waals surface area contributed by atoms with Crippen LogP contribution in [0.3, 0.4) is 0 Å². The predicted molar refractivity (Wildman–Crippen MR) is 74.7 cm³/mol. The highest BCUT2D eigenvalue weighted by atomic mass is 16.9. The van der Waals surface area contributed by atoms with E-state index < -0.39 is 30.6 Å². The van der Waals surface area contributed by atoms with Crippen LogP contribution in [0.1, 0.15) is 25.7 Å². The molecule has 3 fully saturated rings. The summed E-state index contributed by atoms with van der Waals surface area (Å²) in [6.45, 7) is 3.55. The van der Waals surface area contributed by atoms with Crippen molar-refractivity contribution in [3.05, 3.63) is 35.9 Å². The molecule has 3 aliphatic heterocycles. The van der Waals surface area contributed by atoms with Gasteiger partial charge in [0.05, 0.1) is 6.61 Å². The molecular weight excluding hydrogens is 288 g/mol. The quantitative estimate of drug-likeness (QED) is 0.889. The Labute approximate surface area is 128 Å². The monoisotopic (exact) mass is 308 g/mol. The number of hydrogen-bond acceptors (Lipinski definition) is 6. The number of fused-ring (bicyclic) bond motifs is 3. The van der Waals surface area contributed by atoms with Gasteiger partial charge in [-0.2, -0.15) is 0 Å². The molecule has 3 heterocycles. The Kier molecular flexibility index (Phi) is 3.48. The van der Waals surface area contributed by atoms with E-state index in [1.807, 2.05) is 44.2 Å². The lowest BCUT2D eigenvalue weighted by Gasteiger charge is -2.39. The van der Waals surface area contributed by atoms with Gasteiger partial charge in [0, 0.05) is 5.56 Å². The van der Waals surface area contributed by atoms with Crippen LogP contribution in [0.2, 0.25) is 0 Å². The van der Waals surface area contributed by atoms with Crippen molar-refractivity contribution < 1.29 is 28.8 Å². The van der Waals surface area contributed by atoms with E-state index in [0.29, 0.717) is 0 Å². The van der Waals surface area contributed by atoms with Gasteiger partial charge in [-0.15, -0.1) is 0 Å². The minimum atomic E-state index is -0.696. The maximum absolute atomic E-state index is 9.63. The average Bonchev–Trinajstić information content (AvgIpc) is 2.99. The second-order valence-corrected chi connectivity index (χ2v) is 6.27. The minimum Gasteiger partial charge on any atom is -0.394 e. The van der Waals surface area contributed by atoms with Crippen LogP contribution in [-0.2, 0) is 23.7 Å². The van der Waals surface area contributed by atoms with E-state index in [1.54, 1.807) is 0 Å². The molecule has 1 N–H and O–H groups in total. The maximum atomic E-state index is 9.63. The molecule has 0 amide bonds. The van der Waals surface area contributed by atoms with Crippen molar-refractivity contribution in [2.45, 2.75) is 56.6 Å². The Morgan fingerprint density at radius 1 is 0.955 bits per heavy atom. The first-order valence-corrected chi connectivity index (χ1v) is 7.55. The molecule has 0 aromatic heterocycles. The number of aliphatic hydroxyl groups excluding tert-OH is 1. The molecule has 0 aliphatic carbocycles. The van der Waals surface area contributed by atoms with Crippen LogP contribution in [-0.4, -0.2) is 48.2 Å². The summed E-state index contributed by atoms with van der Waals surface area (Å²) in [5.41, 5.74) is 0.904. The molecule has 0 spiro atoms. The largest absolute Gasteiger partial charge is 0.394 e. The molecule has 120 valence electrons. The Bertz CT molecular complexity index is 533. The van der Waals surface area contributed by atoms with Gasteiger partial charge in [0.25, 0.3) is 0 Å². The first-order chi connectivity index (χ1) is 10.6. The molecular formula is C16H20O6. The zero-order chi connectivity index (χ0) is 15.3. The van der Waals surface area contributed by atoms with E-state index in [2.05, 4.69) is 0 Å². The number of aliphatic hydroxyl groups is 1. The van der Waals surface area contributed by atoms with E-state index in [9.17, 15) is 5.11 Å². The fraction of sp³-hybridized carbons (Fsp3) is 0.625. The molecule has 0 radical (unpaired) electrons. The van der Waals surface area contributed by atoms with Crippen LogP contribution in [0.15, 0.2) is 30.3 Å². The van der Waals surface area contributed by atoms with E-state index in [1.165, 1.54) is 0 Å². The molecule has 1 aromatic carbocycles. The second-order valence-electron chi connectivity index (χ2n) is 6.27. The van der Waals surface area contributed by atoms with Crippen molar-refractivity contribution in [1.29, 1.82) is 0 Å². The van der Waals surface area contributed by atoms with Gasteiger partial charge in [-0.25, -0.2) is 0 Å². The van der Waals surface area contributed by atoms with Crippen LogP contribution in [0.4, 0.5) is 0 Å². The van der Waals surface area contributed by atoms with Crippen molar-refractivity contribution in [1.82, 2.24) is 0 Å². The lowest BCUT2D eigenvalue weighted by atomic mass is 10.0. The van der Waals surface area contributed by atoms with Crippen molar-refractivity contribution in [3.63, 3.8) is 0 Å². The van der Waals surface area contributed by atoms with Crippen LogP contribution >= 0.6 is 0 Å². The van der Waals surface area contributed by atoms with Gasteiger partial charge in [0.2, 0.25) is 0 Å².